The number of hydrogen-bond donors (Lipinski definition) is 2. The Hall–Kier alpha value is -0.170. The third-order valence-electron chi connectivity index (χ3n) is 3.91. The molecule has 5 nitrogen and oxygen atoms in total. The van der Waals surface area contributed by atoms with Crippen molar-refractivity contribution in [2.24, 2.45) is 0 Å². The third kappa shape index (κ3) is 5.77. The average Bonchev–Trinajstić information content (AvgIpc) is 2.88. The fraction of sp³-hybridized carbons (Fsp3) is 1.00. The number of sulfonamides is 1. The van der Waals surface area contributed by atoms with Gasteiger partial charge in [0.1, 0.15) is 0 Å². The molecule has 112 valence electrons. The fourth-order valence-corrected chi connectivity index (χ4v) is 4.19. The van der Waals surface area contributed by atoms with Crippen LogP contribution in [0.1, 0.15) is 44.9 Å². The van der Waals surface area contributed by atoms with Gasteiger partial charge in [-0.25, -0.2) is 13.1 Å². The smallest absolute Gasteiger partial charge is 0.213 e. The van der Waals surface area contributed by atoms with Crippen LogP contribution in [0.15, 0.2) is 0 Å². The second kappa shape index (κ2) is 7.57. The van der Waals surface area contributed by atoms with Gasteiger partial charge in [-0.3, -0.25) is 0 Å². The Morgan fingerprint density at radius 1 is 1.11 bits per heavy atom. The molecule has 1 unspecified atom stereocenters. The monoisotopic (exact) mass is 290 g/mol. The predicted molar refractivity (Wildman–Crippen MR) is 75.6 cm³/mol. The lowest BCUT2D eigenvalue weighted by Gasteiger charge is -2.23. The quantitative estimate of drug-likeness (QED) is 0.687. The number of rotatable bonds is 7. The Morgan fingerprint density at radius 2 is 1.84 bits per heavy atom. The summed E-state index contributed by atoms with van der Waals surface area (Å²) in [5, 5.41) is 3.26. The van der Waals surface area contributed by atoms with Gasteiger partial charge in [0.15, 0.2) is 0 Å². The Kier molecular flexibility index (Phi) is 6.06. The maximum atomic E-state index is 11.9. The first-order valence-corrected chi connectivity index (χ1v) is 9.13. The molecule has 0 aromatic heterocycles. The van der Waals surface area contributed by atoms with Gasteiger partial charge in [-0.2, -0.15) is 0 Å². The van der Waals surface area contributed by atoms with Crippen molar-refractivity contribution in [3.8, 4) is 0 Å². The van der Waals surface area contributed by atoms with E-state index in [2.05, 4.69) is 10.0 Å². The zero-order chi connectivity index (χ0) is 13.6. The molecule has 0 spiro atoms. The highest BCUT2D eigenvalue weighted by Crippen LogP contribution is 2.20. The molecule has 2 aliphatic rings. The molecule has 1 saturated heterocycles. The first kappa shape index (κ1) is 15.2. The highest BCUT2D eigenvalue weighted by molar-refractivity contribution is 7.89. The molecule has 6 heteroatoms. The van der Waals surface area contributed by atoms with Crippen molar-refractivity contribution in [1.82, 2.24) is 10.0 Å². The van der Waals surface area contributed by atoms with Gasteiger partial charge in [-0.1, -0.05) is 19.3 Å². The van der Waals surface area contributed by atoms with Crippen molar-refractivity contribution in [3.05, 3.63) is 0 Å². The predicted octanol–water partition coefficient (Wildman–Crippen LogP) is 1.01. The summed E-state index contributed by atoms with van der Waals surface area (Å²) in [4.78, 5) is 0. The fourth-order valence-electron chi connectivity index (χ4n) is 2.87. The molecule has 1 aliphatic carbocycles. The summed E-state index contributed by atoms with van der Waals surface area (Å²) >= 11 is 0. The van der Waals surface area contributed by atoms with Crippen LogP contribution in [0.5, 0.6) is 0 Å². The molecule has 0 radical (unpaired) electrons. The molecule has 0 amide bonds. The van der Waals surface area contributed by atoms with E-state index in [4.69, 9.17) is 4.74 Å². The largest absolute Gasteiger partial charge is 0.377 e. The minimum absolute atomic E-state index is 0.113. The first-order chi connectivity index (χ1) is 9.16. The SMILES string of the molecule is O=S(=O)(CC1CCCCN1)NCCOC1CCCC1. The van der Waals surface area contributed by atoms with Gasteiger partial charge in [0.25, 0.3) is 0 Å². The van der Waals surface area contributed by atoms with Gasteiger partial charge in [-0.05, 0) is 32.2 Å². The van der Waals surface area contributed by atoms with Gasteiger partial charge in [0.05, 0.1) is 18.5 Å². The molecule has 2 N–H and O–H groups in total. The summed E-state index contributed by atoms with van der Waals surface area (Å²) in [6.45, 7) is 1.82. The molecule has 1 heterocycles. The van der Waals surface area contributed by atoms with Gasteiger partial charge in [-0.15, -0.1) is 0 Å². The van der Waals surface area contributed by atoms with E-state index in [1.807, 2.05) is 0 Å². The average molecular weight is 290 g/mol. The maximum absolute atomic E-state index is 11.9. The van der Waals surface area contributed by atoms with Crippen molar-refractivity contribution in [2.75, 3.05) is 25.4 Å². The summed E-state index contributed by atoms with van der Waals surface area (Å²) in [7, 11) is -3.17. The van der Waals surface area contributed by atoms with E-state index < -0.39 is 10.0 Å². The van der Waals surface area contributed by atoms with Crippen LogP contribution in [0.4, 0.5) is 0 Å². The summed E-state index contributed by atoms with van der Waals surface area (Å²) in [5.41, 5.74) is 0. The van der Waals surface area contributed by atoms with E-state index in [0.29, 0.717) is 19.3 Å². The van der Waals surface area contributed by atoms with E-state index in [-0.39, 0.29) is 11.8 Å². The van der Waals surface area contributed by atoms with Gasteiger partial charge in [0.2, 0.25) is 10.0 Å². The van der Waals surface area contributed by atoms with E-state index in [0.717, 1.165) is 38.6 Å². The van der Waals surface area contributed by atoms with Crippen LogP contribution >= 0.6 is 0 Å². The Balaban J connectivity index is 1.60. The molecule has 1 aliphatic heterocycles. The summed E-state index contributed by atoms with van der Waals surface area (Å²) < 4.78 is 32.1. The van der Waals surface area contributed by atoms with Crippen LogP contribution in [0, 0.1) is 0 Å². The minimum Gasteiger partial charge on any atom is -0.377 e. The molecule has 1 atom stereocenters. The van der Waals surface area contributed by atoms with Crippen LogP contribution in [0.3, 0.4) is 0 Å². The topological polar surface area (TPSA) is 67.4 Å². The van der Waals surface area contributed by atoms with Gasteiger partial charge >= 0.3 is 0 Å². The van der Waals surface area contributed by atoms with E-state index in [1.165, 1.54) is 12.8 Å². The molecular formula is C13H26N2O3S. The Morgan fingerprint density at radius 3 is 2.53 bits per heavy atom. The lowest BCUT2D eigenvalue weighted by atomic mass is 10.1. The van der Waals surface area contributed by atoms with Crippen LogP contribution < -0.4 is 10.0 Å². The standard InChI is InChI=1S/C13H26N2O3S/c16-19(17,11-12-5-3-4-8-14-12)15-9-10-18-13-6-1-2-7-13/h12-15H,1-11H2. The molecule has 2 fully saturated rings. The molecule has 1 saturated carbocycles. The number of ether oxygens (including phenoxy) is 1. The van der Waals surface area contributed by atoms with E-state index in [9.17, 15) is 8.42 Å². The Labute approximate surface area is 116 Å². The molecule has 19 heavy (non-hydrogen) atoms. The second-order valence-electron chi connectivity index (χ2n) is 5.60. The van der Waals surface area contributed by atoms with Crippen LogP contribution in [-0.2, 0) is 14.8 Å². The van der Waals surface area contributed by atoms with Crippen molar-refractivity contribution in [3.63, 3.8) is 0 Å². The summed E-state index contributed by atoms with van der Waals surface area (Å²) in [6, 6.07) is 0.113. The molecule has 0 aromatic carbocycles. The lowest BCUT2D eigenvalue weighted by Crippen LogP contribution is -2.43. The molecular weight excluding hydrogens is 264 g/mol. The van der Waals surface area contributed by atoms with Crippen LogP contribution in [0.2, 0.25) is 0 Å². The van der Waals surface area contributed by atoms with Crippen LogP contribution in [-0.4, -0.2) is 46.0 Å². The van der Waals surface area contributed by atoms with E-state index in [1.54, 1.807) is 0 Å². The zero-order valence-electron chi connectivity index (χ0n) is 11.6. The first-order valence-electron chi connectivity index (χ1n) is 7.48. The van der Waals surface area contributed by atoms with E-state index >= 15 is 0 Å². The summed E-state index contributed by atoms with van der Waals surface area (Å²) in [6.07, 6.45) is 8.31. The number of nitrogens with one attached hydrogen (secondary N) is 2. The van der Waals surface area contributed by atoms with Gasteiger partial charge < -0.3 is 10.1 Å². The Bertz CT molecular complexity index is 347. The zero-order valence-corrected chi connectivity index (χ0v) is 12.4. The number of piperidine rings is 1. The van der Waals surface area contributed by atoms with Crippen LogP contribution in [0.25, 0.3) is 0 Å². The van der Waals surface area contributed by atoms with Crippen molar-refractivity contribution >= 4 is 10.0 Å². The number of hydrogen-bond acceptors (Lipinski definition) is 4. The highest BCUT2D eigenvalue weighted by atomic mass is 32.2. The van der Waals surface area contributed by atoms with Crippen molar-refractivity contribution < 1.29 is 13.2 Å². The minimum atomic E-state index is -3.17. The maximum Gasteiger partial charge on any atom is 0.213 e. The molecule has 2 rings (SSSR count). The van der Waals surface area contributed by atoms with Crippen molar-refractivity contribution in [2.45, 2.75) is 57.1 Å². The third-order valence-corrected chi connectivity index (χ3v) is 5.40. The second-order valence-corrected chi connectivity index (χ2v) is 7.45. The molecule has 0 bridgehead atoms. The normalized spacial score (nSPS) is 25.8. The highest BCUT2D eigenvalue weighted by Gasteiger charge is 2.20. The lowest BCUT2D eigenvalue weighted by molar-refractivity contribution is 0.0626. The van der Waals surface area contributed by atoms with Gasteiger partial charge in [0, 0.05) is 12.6 Å². The van der Waals surface area contributed by atoms with Crippen molar-refractivity contribution in [1.29, 1.82) is 0 Å². The summed E-state index contributed by atoms with van der Waals surface area (Å²) in [5.74, 6) is 0.191. The molecule has 0 aromatic rings.